The van der Waals surface area contributed by atoms with Crippen LogP contribution in [0.5, 0.6) is 0 Å². The number of ether oxygens (including phenoxy) is 1. The average Bonchev–Trinajstić information content (AvgIpc) is 2.02. The lowest BCUT2D eigenvalue weighted by Crippen LogP contribution is -2.37. The predicted molar refractivity (Wildman–Crippen MR) is 40.3 cm³/mol. The molecule has 6 heteroatoms. The Bertz CT molecular complexity index is 196. The van der Waals surface area contributed by atoms with Crippen LogP contribution in [0.1, 0.15) is 6.92 Å². The van der Waals surface area contributed by atoms with E-state index in [0.29, 0.717) is 4.90 Å². The number of rotatable bonds is 3. The maximum absolute atomic E-state index is 11.7. The Morgan fingerprint density at radius 3 is 2.38 bits per heavy atom. The van der Waals surface area contributed by atoms with Crippen LogP contribution in [0, 0.1) is 0 Å². The highest BCUT2D eigenvalue weighted by Crippen LogP contribution is 1.97. The molecular weight excluding hydrogens is 184 g/mol. The molecule has 0 aliphatic heterocycles. The highest BCUT2D eigenvalue weighted by Gasteiger charge is 2.21. The van der Waals surface area contributed by atoms with E-state index in [9.17, 15) is 18.4 Å². The van der Waals surface area contributed by atoms with Crippen LogP contribution in [0.25, 0.3) is 0 Å². The second-order valence-corrected chi connectivity index (χ2v) is 2.30. The molecule has 0 rings (SSSR count). The van der Waals surface area contributed by atoms with Crippen molar-refractivity contribution >= 4 is 11.9 Å². The quantitative estimate of drug-likeness (QED) is 0.479. The summed E-state index contributed by atoms with van der Waals surface area (Å²) in [7, 11) is 1.12. The first-order valence-electron chi connectivity index (χ1n) is 3.69. The summed E-state index contributed by atoms with van der Waals surface area (Å²) < 4.78 is 27.8. The molecule has 0 saturated heterocycles. The van der Waals surface area contributed by atoms with Gasteiger partial charge in [0.15, 0.2) is 0 Å². The predicted octanol–water partition coefficient (Wildman–Crippen LogP) is 0.273. The molecule has 0 bridgehead atoms. The molecule has 0 aromatic carbocycles. The third-order valence-electron chi connectivity index (χ3n) is 1.21. The molecule has 0 atom stereocenters. The number of halogens is 2. The van der Waals surface area contributed by atoms with E-state index >= 15 is 0 Å². The first-order valence-corrected chi connectivity index (χ1v) is 3.69. The van der Waals surface area contributed by atoms with Crippen LogP contribution in [0.3, 0.4) is 0 Å². The Hall–Kier alpha value is -1.20. The molecule has 0 fully saturated rings. The summed E-state index contributed by atoms with van der Waals surface area (Å²) in [4.78, 5) is 22.2. The summed E-state index contributed by atoms with van der Waals surface area (Å²) in [5.41, 5.74) is 0. The maximum Gasteiger partial charge on any atom is 0.397 e. The van der Waals surface area contributed by atoms with Gasteiger partial charge in [0.25, 0.3) is 6.43 Å². The second kappa shape index (κ2) is 5.45. The van der Waals surface area contributed by atoms with Crippen molar-refractivity contribution in [2.24, 2.45) is 0 Å². The molecule has 0 aliphatic rings. The van der Waals surface area contributed by atoms with Crippen LogP contribution in [0.15, 0.2) is 0 Å². The Morgan fingerprint density at radius 2 is 2.00 bits per heavy atom. The molecular formula is C7H11F2NO3. The first-order chi connectivity index (χ1) is 5.99. The Balaban J connectivity index is 4.02. The summed E-state index contributed by atoms with van der Waals surface area (Å²) in [5.74, 6) is -2.16. The average molecular weight is 195 g/mol. The number of carbonyl (C=O) groups is 2. The minimum Gasteiger partial charge on any atom is -0.459 e. The van der Waals surface area contributed by atoms with E-state index in [0.717, 1.165) is 7.05 Å². The number of likely N-dealkylation sites (N-methyl/N-ethyl adjacent to an activating group) is 1. The van der Waals surface area contributed by atoms with E-state index < -0.39 is 24.8 Å². The van der Waals surface area contributed by atoms with Crippen LogP contribution in [0.4, 0.5) is 8.78 Å². The first kappa shape index (κ1) is 11.8. The third-order valence-corrected chi connectivity index (χ3v) is 1.21. The topological polar surface area (TPSA) is 46.6 Å². The van der Waals surface area contributed by atoms with E-state index in [1.807, 2.05) is 0 Å². The van der Waals surface area contributed by atoms with Crippen LogP contribution < -0.4 is 0 Å². The molecule has 0 radical (unpaired) electrons. The lowest BCUT2D eigenvalue weighted by molar-refractivity contribution is -0.159. The van der Waals surface area contributed by atoms with Gasteiger partial charge in [-0.3, -0.25) is 4.79 Å². The van der Waals surface area contributed by atoms with Crippen molar-refractivity contribution in [3.05, 3.63) is 0 Å². The smallest absolute Gasteiger partial charge is 0.397 e. The zero-order chi connectivity index (χ0) is 10.4. The van der Waals surface area contributed by atoms with Gasteiger partial charge in [-0.15, -0.1) is 0 Å². The van der Waals surface area contributed by atoms with Gasteiger partial charge in [-0.05, 0) is 6.92 Å². The van der Waals surface area contributed by atoms with Crippen LogP contribution >= 0.6 is 0 Å². The van der Waals surface area contributed by atoms with Crippen LogP contribution in [-0.4, -0.2) is 43.4 Å². The maximum atomic E-state index is 11.7. The highest BCUT2D eigenvalue weighted by molar-refractivity contribution is 6.32. The molecule has 0 aromatic heterocycles. The van der Waals surface area contributed by atoms with E-state index in [1.165, 1.54) is 6.92 Å². The number of carbonyl (C=O) groups excluding carboxylic acids is 2. The van der Waals surface area contributed by atoms with E-state index in [1.54, 1.807) is 0 Å². The normalized spacial score (nSPS) is 9.92. The Morgan fingerprint density at radius 1 is 1.46 bits per heavy atom. The fourth-order valence-corrected chi connectivity index (χ4v) is 0.639. The number of esters is 1. The van der Waals surface area contributed by atoms with Crippen molar-refractivity contribution in [2.75, 3.05) is 20.2 Å². The van der Waals surface area contributed by atoms with Gasteiger partial charge in [-0.2, -0.15) is 0 Å². The monoisotopic (exact) mass is 195 g/mol. The van der Waals surface area contributed by atoms with Crippen molar-refractivity contribution < 1.29 is 23.1 Å². The molecule has 0 unspecified atom stereocenters. The van der Waals surface area contributed by atoms with Gasteiger partial charge in [0, 0.05) is 7.05 Å². The zero-order valence-electron chi connectivity index (χ0n) is 7.42. The van der Waals surface area contributed by atoms with Crippen molar-refractivity contribution in [1.29, 1.82) is 0 Å². The summed E-state index contributed by atoms with van der Waals surface area (Å²) in [6.45, 7) is 0.809. The molecule has 0 N–H and O–H groups in total. The summed E-state index contributed by atoms with van der Waals surface area (Å²) in [6.07, 6.45) is -2.65. The molecule has 4 nitrogen and oxygen atoms in total. The molecule has 0 saturated carbocycles. The Kier molecular flexibility index (Phi) is 4.94. The summed E-state index contributed by atoms with van der Waals surface area (Å²) in [5, 5.41) is 0. The molecule has 0 spiro atoms. The standard InChI is InChI=1S/C7H11F2NO3/c1-3-13-7(12)6(11)10(2)4-5(8)9/h5H,3-4H2,1-2H3. The fraction of sp³-hybridized carbons (Fsp3) is 0.714. The second-order valence-electron chi connectivity index (χ2n) is 2.30. The molecule has 1 amide bonds. The van der Waals surface area contributed by atoms with Crippen molar-refractivity contribution in [2.45, 2.75) is 13.3 Å². The number of amides is 1. The zero-order valence-corrected chi connectivity index (χ0v) is 7.42. The number of hydrogen-bond donors (Lipinski definition) is 0. The minimum atomic E-state index is -2.65. The van der Waals surface area contributed by atoms with Gasteiger partial charge in [-0.1, -0.05) is 0 Å². The molecule has 0 aromatic rings. The van der Waals surface area contributed by atoms with Gasteiger partial charge in [0.05, 0.1) is 13.2 Å². The van der Waals surface area contributed by atoms with Crippen molar-refractivity contribution in [3.63, 3.8) is 0 Å². The van der Waals surface area contributed by atoms with Gasteiger partial charge in [0.1, 0.15) is 0 Å². The lowest BCUT2D eigenvalue weighted by atomic mass is 10.5. The number of hydrogen-bond acceptors (Lipinski definition) is 3. The van der Waals surface area contributed by atoms with Crippen LogP contribution in [0.2, 0.25) is 0 Å². The van der Waals surface area contributed by atoms with Gasteiger partial charge < -0.3 is 9.64 Å². The van der Waals surface area contributed by atoms with Gasteiger partial charge in [0.2, 0.25) is 0 Å². The van der Waals surface area contributed by atoms with Crippen molar-refractivity contribution in [3.8, 4) is 0 Å². The van der Waals surface area contributed by atoms with E-state index in [2.05, 4.69) is 4.74 Å². The highest BCUT2D eigenvalue weighted by atomic mass is 19.3. The molecule has 0 heterocycles. The number of alkyl halides is 2. The SMILES string of the molecule is CCOC(=O)C(=O)N(C)CC(F)F. The van der Waals surface area contributed by atoms with Gasteiger partial charge in [-0.25, -0.2) is 13.6 Å². The minimum absolute atomic E-state index is 0.0487. The summed E-state index contributed by atoms with van der Waals surface area (Å²) in [6, 6.07) is 0. The fourth-order valence-electron chi connectivity index (χ4n) is 0.639. The Labute approximate surface area is 74.5 Å². The lowest BCUT2D eigenvalue weighted by Gasteiger charge is -2.14. The van der Waals surface area contributed by atoms with Crippen molar-refractivity contribution in [1.82, 2.24) is 4.90 Å². The van der Waals surface area contributed by atoms with Crippen LogP contribution in [-0.2, 0) is 14.3 Å². The number of nitrogens with zero attached hydrogens (tertiary/aromatic N) is 1. The molecule has 76 valence electrons. The summed E-state index contributed by atoms with van der Waals surface area (Å²) >= 11 is 0. The third kappa shape index (κ3) is 4.39. The molecule has 0 aliphatic carbocycles. The molecule has 13 heavy (non-hydrogen) atoms. The van der Waals surface area contributed by atoms with E-state index in [-0.39, 0.29) is 6.61 Å². The largest absolute Gasteiger partial charge is 0.459 e. The van der Waals surface area contributed by atoms with E-state index in [4.69, 9.17) is 0 Å². The van der Waals surface area contributed by atoms with Gasteiger partial charge >= 0.3 is 11.9 Å².